The van der Waals surface area contributed by atoms with Crippen LogP contribution in [-0.4, -0.2) is 10.8 Å². The number of ketones is 1. The van der Waals surface area contributed by atoms with E-state index < -0.39 is 0 Å². The van der Waals surface area contributed by atoms with Crippen LogP contribution in [-0.2, 0) is 6.61 Å². The molecular formula is C14H11Br2NO2. The molecule has 0 radical (unpaired) electrons. The van der Waals surface area contributed by atoms with Crippen molar-refractivity contribution in [1.82, 2.24) is 4.98 Å². The number of aromatic nitrogens is 1. The topological polar surface area (TPSA) is 39.2 Å². The Morgan fingerprint density at radius 2 is 2.00 bits per heavy atom. The van der Waals surface area contributed by atoms with Gasteiger partial charge in [0.1, 0.15) is 12.4 Å². The van der Waals surface area contributed by atoms with E-state index >= 15 is 0 Å². The zero-order valence-corrected chi connectivity index (χ0v) is 13.4. The summed E-state index contributed by atoms with van der Waals surface area (Å²) < 4.78 is 7.48. The largest absolute Gasteiger partial charge is 0.488 e. The van der Waals surface area contributed by atoms with Gasteiger partial charge in [-0.05, 0) is 47.1 Å². The lowest BCUT2D eigenvalue weighted by atomic mass is 10.1. The maximum absolute atomic E-state index is 11.5. The molecule has 0 aliphatic heterocycles. The third-order valence-corrected chi connectivity index (χ3v) is 3.41. The molecule has 19 heavy (non-hydrogen) atoms. The van der Waals surface area contributed by atoms with E-state index in [0.29, 0.717) is 17.9 Å². The van der Waals surface area contributed by atoms with Gasteiger partial charge in [0.2, 0.25) is 0 Å². The number of rotatable bonds is 4. The fourth-order valence-electron chi connectivity index (χ4n) is 1.60. The number of pyridine rings is 1. The Hall–Kier alpha value is -1.20. The molecule has 0 N–H and O–H groups in total. The zero-order chi connectivity index (χ0) is 13.8. The molecule has 0 saturated carbocycles. The van der Waals surface area contributed by atoms with Crippen LogP contribution in [0, 0.1) is 0 Å². The van der Waals surface area contributed by atoms with Crippen molar-refractivity contribution in [3.05, 3.63) is 56.7 Å². The van der Waals surface area contributed by atoms with E-state index in [9.17, 15) is 4.79 Å². The molecule has 0 atom stereocenters. The molecule has 0 spiro atoms. The Morgan fingerprint density at radius 3 is 2.68 bits per heavy atom. The van der Waals surface area contributed by atoms with Gasteiger partial charge in [0.05, 0.1) is 5.56 Å². The molecule has 0 amide bonds. The molecule has 0 saturated heterocycles. The molecule has 1 aromatic heterocycles. The summed E-state index contributed by atoms with van der Waals surface area (Å²) in [4.78, 5) is 15.6. The van der Waals surface area contributed by atoms with Crippen LogP contribution in [0.1, 0.15) is 22.8 Å². The summed E-state index contributed by atoms with van der Waals surface area (Å²) in [6.07, 6.45) is 3.44. The second kappa shape index (κ2) is 6.30. The monoisotopic (exact) mass is 383 g/mol. The van der Waals surface area contributed by atoms with Gasteiger partial charge in [0, 0.05) is 26.9 Å². The van der Waals surface area contributed by atoms with E-state index in [1.807, 2.05) is 12.1 Å². The van der Waals surface area contributed by atoms with Gasteiger partial charge in [-0.1, -0.05) is 15.9 Å². The Balaban J connectivity index is 2.19. The molecule has 5 heteroatoms. The van der Waals surface area contributed by atoms with Crippen molar-refractivity contribution >= 4 is 37.6 Å². The van der Waals surface area contributed by atoms with E-state index in [4.69, 9.17) is 4.74 Å². The first-order chi connectivity index (χ1) is 9.06. The second-order valence-corrected chi connectivity index (χ2v) is 5.83. The molecule has 0 aliphatic rings. The van der Waals surface area contributed by atoms with Crippen LogP contribution in [0.3, 0.4) is 0 Å². The number of ether oxygens (including phenoxy) is 1. The Bertz CT molecular complexity index is 614. The van der Waals surface area contributed by atoms with Crippen LogP contribution in [0.15, 0.2) is 45.6 Å². The zero-order valence-electron chi connectivity index (χ0n) is 10.2. The number of nitrogens with zero attached hydrogens (tertiary/aromatic N) is 1. The second-order valence-electron chi connectivity index (χ2n) is 4.00. The average Bonchev–Trinajstić information content (AvgIpc) is 2.36. The lowest BCUT2D eigenvalue weighted by Gasteiger charge is -2.10. The molecule has 0 unspecified atom stereocenters. The van der Waals surface area contributed by atoms with Gasteiger partial charge in [0.15, 0.2) is 5.78 Å². The number of hydrogen-bond acceptors (Lipinski definition) is 3. The fourth-order valence-corrected chi connectivity index (χ4v) is 2.35. The molecule has 3 nitrogen and oxygen atoms in total. The summed E-state index contributed by atoms with van der Waals surface area (Å²) in [5, 5.41) is 0. The normalized spacial score (nSPS) is 10.3. The maximum atomic E-state index is 11.5. The van der Waals surface area contributed by atoms with Crippen molar-refractivity contribution < 1.29 is 9.53 Å². The highest BCUT2D eigenvalue weighted by Gasteiger charge is 2.09. The predicted molar refractivity (Wildman–Crippen MR) is 80.4 cm³/mol. The van der Waals surface area contributed by atoms with Crippen molar-refractivity contribution in [1.29, 1.82) is 0 Å². The Kier molecular flexibility index (Phi) is 4.71. The van der Waals surface area contributed by atoms with E-state index in [1.165, 1.54) is 6.92 Å². The number of benzene rings is 1. The quantitative estimate of drug-likeness (QED) is 0.734. The Labute approximate surface area is 128 Å². The summed E-state index contributed by atoms with van der Waals surface area (Å²) in [5.41, 5.74) is 1.51. The number of hydrogen-bond donors (Lipinski definition) is 0. The predicted octanol–water partition coefficient (Wildman–Crippen LogP) is 4.39. The minimum atomic E-state index is -0.0186. The first-order valence-corrected chi connectivity index (χ1v) is 7.17. The first-order valence-electron chi connectivity index (χ1n) is 5.59. The molecule has 1 aromatic carbocycles. The van der Waals surface area contributed by atoms with Crippen LogP contribution in [0.25, 0.3) is 0 Å². The van der Waals surface area contributed by atoms with Gasteiger partial charge in [-0.3, -0.25) is 9.78 Å². The highest BCUT2D eigenvalue weighted by Crippen LogP contribution is 2.25. The van der Waals surface area contributed by atoms with Gasteiger partial charge >= 0.3 is 0 Å². The smallest absolute Gasteiger partial charge is 0.163 e. The van der Waals surface area contributed by atoms with E-state index in [2.05, 4.69) is 36.8 Å². The first kappa shape index (κ1) is 14.2. The third-order valence-electron chi connectivity index (χ3n) is 2.48. The van der Waals surface area contributed by atoms with Gasteiger partial charge in [-0.25, -0.2) is 0 Å². The molecule has 1 heterocycles. The molecule has 98 valence electrons. The van der Waals surface area contributed by atoms with E-state index in [0.717, 1.165) is 14.5 Å². The summed E-state index contributed by atoms with van der Waals surface area (Å²) in [5.74, 6) is 0.553. The van der Waals surface area contributed by atoms with Crippen molar-refractivity contribution in [3.63, 3.8) is 0 Å². The highest BCUT2D eigenvalue weighted by atomic mass is 79.9. The van der Waals surface area contributed by atoms with Crippen LogP contribution >= 0.6 is 31.9 Å². The maximum Gasteiger partial charge on any atom is 0.163 e. The van der Waals surface area contributed by atoms with Crippen LogP contribution in [0.5, 0.6) is 5.75 Å². The van der Waals surface area contributed by atoms with Crippen LogP contribution < -0.4 is 4.74 Å². The molecular weight excluding hydrogens is 374 g/mol. The molecule has 0 bridgehead atoms. The minimum Gasteiger partial charge on any atom is -0.488 e. The fraction of sp³-hybridized carbons (Fsp3) is 0.143. The number of Topliss-reactive ketones (excluding diaryl/α,β-unsaturated/α-hetero) is 1. The van der Waals surface area contributed by atoms with Gasteiger partial charge in [-0.15, -0.1) is 0 Å². The summed E-state index contributed by atoms with van der Waals surface area (Å²) >= 11 is 6.73. The van der Waals surface area contributed by atoms with Gasteiger partial charge in [0.25, 0.3) is 0 Å². The van der Waals surface area contributed by atoms with E-state index in [-0.39, 0.29) is 5.78 Å². The van der Waals surface area contributed by atoms with Crippen molar-refractivity contribution in [2.45, 2.75) is 13.5 Å². The molecule has 0 fully saturated rings. The molecule has 0 aliphatic carbocycles. The van der Waals surface area contributed by atoms with Gasteiger partial charge in [-0.2, -0.15) is 0 Å². The minimum absolute atomic E-state index is 0.0186. The highest BCUT2D eigenvalue weighted by molar-refractivity contribution is 9.10. The number of carbonyl (C=O) groups is 1. The molecule has 2 aromatic rings. The van der Waals surface area contributed by atoms with Crippen molar-refractivity contribution in [3.8, 4) is 5.75 Å². The van der Waals surface area contributed by atoms with Crippen LogP contribution in [0.4, 0.5) is 0 Å². The summed E-state index contributed by atoms with van der Waals surface area (Å²) in [6, 6.07) is 7.30. The molecule has 2 rings (SSSR count). The number of halogens is 2. The van der Waals surface area contributed by atoms with Gasteiger partial charge < -0.3 is 4.74 Å². The Morgan fingerprint density at radius 1 is 1.21 bits per heavy atom. The van der Waals surface area contributed by atoms with Crippen molar-refractivity contribution in [2.24, 2.45) is 0 Å². The lowest BCUT2D eigenvalue weighted by Crippen LogP contribution is -2.02. The lowest BCUT2D eigenvalue weighted by molar-refractivity contribution is 0.101. The van der Waals surface area contributed by atoms with Crippen molar-refractivity contribution in [2.75, 3.05) is 0 Å². The van der Waals surface area contributed by atoms with Crippen LogP contribution in [0.2, 0.25) is 0 Å². The standard InChI is InChI=1S/C14H11Br2NO2/c1-9(18)13-3-2-11(15)5-14(13)19-8-10-4-12(16)7-17-6-10/h2-7H,8H2,1H3. The summed E-state index contributed by atoms with van der Waals surface area (Å²) in [7, 11) is 0. The van der Waals surface area contributed by atoms with E-state index in [1.54, 1.807) is 24.5 Å². The third kappa shape index (κ3) is 3.88. The average molecular weight is 385 g/mol. The SMILES string of the molecule is CC(=O)c1ccc(Br)cc1OCc1cncc(Br)c1. The summed E-state index contributed by atoms with van der Waals surface area (Å²) in [6.45, 7) is 1.89. The number of carbonyl (C=O) groups excluding carboxylic acids is 1.